The Hall–Kier alpha value is -0.970. The predicted molar refractivity (Wildman–Crippen MR) is 72.3 cm³/mol. The first-order valence-corrected chi connectivity index (χ1v) is 6.98. The highest BCUT2D eigenvalue weighted by atomic mass is 32.2. The van der Waals surface area contributed by atoms with E-state index in [4.69, 9.17) is 0 Å². The molecule has 0 saturated heterocycles. The highest BCUT2D eigenvalue weighted by molar-refractivity contribution is 8.14. The average molecular weight is 290 g/mol. The number of hydrogen-bond acceptors (Lipinski definition) is 2. The maximum Gasteiger partial charge on any atom is 0.390 e. The van der Waals surface area contributed by atoms with Crippen LogP contribution in [0.2, 0.25) is 0 Å². The van der Waals surface area contributed by atoms with E-state index in [1.807, 2.05) is 13.8 Å². The minimum absolute atomic E-state index is 0.128. The number of thioether (sulfide) groups is 1. The molecule has 0 aromatic heterocycles. The van der Waals surface area contributed by atoms with E-state index >= 15 is 0 Å². The second-order valence-corrected chi connectivity index (χ2v) is 6.12. The SMILES string of the molecule is CC(C)CC(CC(F)(F)F)SC(=O)c1ccccc1. The minimum Gasteiger partial charge on any atom is -0.282 e. The molecular formula is C14H17F3OS. The highest BCUT2D eigenvalue weighted by Gasteiger charge is 2.33. The van der Waals surface area contributed by atoms with Gasteiger partial charge in [-0.25, -0.2) is 0 Å². The van der Waals surface area contributed by atoms with Crippen LogP contribution in [0.15, 0.2) is 30.3 Å². The van der Waals surface area contributed by atoms with Crippen LogP contribution in [0, 0.1) is 5.92 Å². The second kappa shape index (κ2) is 6.98. The third-order valence-corrected chi connectivity index (χ3v) is 3.62. The van der Waals surface area contributed by atoms with Crippen LogP contribution in [0.25, 0.3) is 0 Å². The van der Waals surface area contributed by atoms with Crippen molar-refractivity contribution < 1.29 is 18.0 Å². The van der Waals surface area contributed by atoms with Gasteiger partial charge in [-0.15, -0.1) is 0 Å². The smallest absolute Gasteiger partial charge is 0.282 e. The van der Waals surface area contributed by atoms with Crippen molar-refractivity contribution in [3.8, 4) is 0 Å². The lowest BCUT2D eigenvalue weighted by Crippen LogP contribution is -2.20. The molecule has 5 heteroatoms. The summed E-state index contributed by atoms with van der Waals surface area (Å²) in [4.78, 5) is 11.9. The first-order valence-electron chi connectivity index (χ1n) is 6.10. The molecule has 0 fully saturated rings. The highest BCUT2D eigenvalue weighted by Crippen LogP contribution is 2.33. The molecule has 1 atom stereocenters. The maximum absolute atomic E-state index is 12.5. The summed E-state index contributed by atoms with van der Waals surface area (Å²) in [7, 11) is 0. The number of benzene rings is 1. The van der Waals surface area contributed by atoms with Gasteiger partial charge in [0.15, 0.2) is 0 Å². The molecule has 0 radical (unpaired) electrons. The lowest BCUT2D eigenvalue weighted by atomic mass is 10.1. The fourth-order valence-electron chi connectivity index (χ4n) is 1.75. The monoisotopic (exact) mass is 290 g/mol. The summed E-state index contributed by atoms with van der Waals surface area (Å²) < 4.78 is 37.5. The molecule has 19 heavy (non-hydrogen) atoms. The largest absolute Gasteiger partial charge is 0.390 e. The molecule has 0 aliphatic rings. The van der Waals surface area contributed by atoms with Gasteiger partial charge in [0, 0.05) is 10.8 Å². The topological polar surface area (TPSA) is 17.1 Å². The maximum atomic E-state index is 12.5. The Balaban J connectivity index is 2.69. The van der Waals surface area contributed by atoms with Crippen LogP contribution in [-0.2, 0) is 0 Å². The van der Waals surface area contributed by atoms with Crippen LogP contribution in [0.4, 0.5) is 13.2 Å². The van der Waals surface area contributed by atoms with Gasteiger partial charge in [-0.2, -0.15) is 13.2 Å². The Labute approximate surface area is 115 Å². The summed E-state index contributed by atoms with van der Waals surface area (Å²) in [5, 5.41) is -1.01. The van der Waals surface area contributed by atoms with E-state index in [1.54, 1.807) is 30.3 Å². The Bertz CT molecular complexity index is 401. The van der Waals surface area contributed by atoms with Crippen molar-refractivity contribution in [2.75, 3.05) is 0 Å². The lowest BCUT2D eigenvalue weighted by Gasteiger charge is -2.19. The number of hydrogen-bond donors (Lipinski definition) is 0. The van der Waals surface area contributed by atoms with Gasteiger partial charge >= 0.3 is 6.18 Å². The molecule has 0 saturated carbocycles. The van der Waals surface area contributed by atoms with Crippen LogP contribution in [0.3, 0.4) is 0 Å². The zero-order chi connectivity index (χ0) is 14.5. The number of carbonyl (C=O) groups is 1. The van der Waals surface area contributed by atoms with Crippen LogP contribution in [-0.4, -0.2) is 16.5 Å². The van der Waals surface area contributed by atoms with Crippen molar-refractivity contribution in [3.63, 3.8) is 0 Å². The molecule has 1 unspecified atom stereocenters. The molecule has 0 amide bonds. The summed E-state index contributed by atoms with van der Waals surface area (Å²) in [5.74, 6) is 0.128. The van der Waals surface area contributed by atoms with Crippen LogP contribution < -0.4 is 0 Å². The van der Waals surface area contributed by atoms with Gasteiger partial charge in [0.05, 0.1) is 6.42 Å². The molecule has 106 valence electrons. The van der Waals surface area contributed by atoms with Crippen LogP contribution in [0.1, 0.15) is 37.0 Å². The van der Waals surface area contributed by atoms with Gasteiger partial charge in [0.1, 0.15) is 0 Å². The van der Waals surface area contributed by atoms with Crippen molar-refractivity contribution in [1.82, 2.24) is 0 Å². The van der Waals surface area contributed by atoms with Gasteiger partial charge in [-0.3, -0.25) is 4.79 Å². The molecule has 0 bridgehead atoms. The Morgan fingerprint density at radius 3 is 2.26 bits per heavy atom. The number of alkyl halides is 3. The van der Waals surface area contributed by atoms with E-state index < -0.39 is 17.8 Å². The van der Waals surface area contributed by atoms with Crippen molar-refractivity contribution in [2.45, 2.75) is 38.1 Å². The molecule has 1 rings (SSSR count). The Morgan fingerprint density at radius 2 is 1.79 bits per heavy atom. The summed E-state index contributed by atoms with van der Waals surface area (Å²) in [6, 6.07) is 8.41. The fraction of sp³-hybridized carbons (Fsp3) is 0.500. The first kappa shape index (κ1) is 16.1. The molecule has 0 aliphatic heterocycles. The van der Waals surface area contributed by atoms with E-state index in [-0.39, 0.29) is 11.0 Å². The molecular weight excluding hydrogens is 273 g/mol. The van der Waals surface area contributed by atoms with Gasteiger partial charge in [-0.1, -0.05) is 55.9 Å². The van der Waals surface area contributed by atoms with Crippen molar-refractivity contribution in [3.05, 3.63) is 35.9 Å². The molecule has 1 aromatic rings. The Kier molecular flexibility index (Phi) is 5.91. The summed E-state index contributed by atoms with van der Waals surface area (Å²) in [5.41, 5.74) is 0.448. The van der Waals surface area contributed by atoms with Crippen LogP contribution >= 0.6 is 11.8 Å². The molecule has 0 aliphatic carbocycles. The Morgan fingerprint density at radius 1 is 1.21 bits per heavy atom. The summed E-state index contributed by atoms with van der Waals surface area (Å²) in [6.07, 6.45) is -4.78. The third-order valence-electron chi connectivity index (χ3n) is 2.48. The van der Waals surface area contributed by atoms with Gasteiger partial charge in [0.25, 0.3) is 0 Å². The standard InChI is InChI=1S/C14H17F3OS/c1-10(2)8-12(9-14(15,16)17)19-13(18)11-6-4-3-5-7-11/h3-7,10,12H,8-9H2,1-2H3. The average Bonchev–Trinajstić information content (AvgIpc) is 2.26. The van der Waals surface area contributed by atoms with Gasteiger partial charge < -0.3 is 0 Å². The normalized spacial score (nSPS) is 13.6. The van der Waals surface area contributed by atoms with Crippen molar-refractivity contribution >= 4 is 16.9 Å². The number of rotatable bonds is 5. The predicted octanol–water partition coefficient (Wildman–Crippen LogP) is 4.93. The molecule has 0 heterocycles. The zero-order valence-corrected chi connectivity index (χ0v) is 11.7. The number of carbonyl (C=O) groups excluding carboxylic acids is 1. The summed E-state index contributed by atoms with van der Waals surface area (Å²) >= 11 is 0.794. The van der Waals surface area contributed by atoms with Crippen molar-refractivity contribution in [2.24, 2.45) is 5.92 Å². The van der Waals surface area contributed by atoms with E-state index in [2.05, 4.69) is 0 Å². The zero-order valence-electron chi connectivity index (χ0n) is 10.9. The molecule has 0 N–H and O–H groups in total. The van der Waals surface area contributed by atoms with Crippen molar-refractivity contribution in [1.29, 1.82) is 0 Å². The molecule has 1 aromatic carbocycles. The fourth-order valence-corrected chi connectivity index (χ4v) is 3.08. The third kappa shape index (κ3) is 6.66. The van der Waals surface area contributed by atoms with Gasteiger partial charge in [-0.05, 0) is 12.3 Å². The lowest BCUT2D eigenvalue weighted by molar-refractivity contribution is -0.134. The second-order valence-electron chi connectivity index (χ2n) is 4.84. The number of halogens is 3. The van der Waals surface area contributed by atoms with E-state index in [9.17, 15) is 18.0 Å². The van der Waals surface area contributed by atoms with E-state index in [1.165, 1.54) is 0 Å². The molecule has 1 nitrogen and oxygen atoms in total. The summed E-state index contributed by atoms with van der Waals surface area (Å²) in [6.45, 7) is 3.72. The quantitative estimate of drug-likeness (QED) is 0.765. The van der Waals surface area contributed by atoms with Crippen LogP contribution in [0.5, 0.6) is 0 Å². The van der Waals surface area contributed by atoms with E-state index in [0.29, 0.717) is 12.0 Å². The van der Waals surface area contributed by atoms with Gasteiger partial charge in [0.2, 0.25) is 5.12 Å². The van der Waals surface area contributed by atoms with E-state index in [0.717, 1.165) is 11.8 Å². The first-order chi connectivity index (χ1) is 8.78. The molecule has 0 spiro atoms. The minimum atomic E-state index is -4.23.